The lowest BCUT2D eigenvalue weighted by Gasteiger charge is -2.40. The summed E-state index contributed by atoms with van der Waals surface area (Å²) < 4.78 is 15.1. The second-order valence-corrected chi connectivity index (χ2v) is 6.03. The van der Waals surface area contributed by atoms with E-state index in [1.54, 1.807) is 0 Å². The smallest absolute Gasteiger partial charge is 0.308 e. The second kappa shape index (κ2) is 12.5. The molecule has 9 nitrogen and oxygen atoms in total. The number of ether oxygens (including phenoxy) is 3. The Morgan fingerprint density at radius 1 is 1.25 bits per heavy atom. The number of aliphatic hydroxyl groups excluding tert-OH is 5. The summed E-state index contributed by atoms with van der Waals surface area (Å²) in [6.45, 7) is 2.98. The normalized spacial score (nSPS) is 28.7. The van der Waals surface area contributed by atoms with Crippen molar-refractivity contribution in [1.29, 1.82) is 0 Å². The van der Waals surface area contributed by atoms with Crippen LogP contribution in [0.4, 0.5) is 0 Å². The molecule has 1 aliphatic heterocycles. The van der Waals surface area contributed by atoms with Gasteiger partial charge in [-0.25, -0.2) is 0 Å². The number of methoxy groups -OCH3 is 1. The van der Waals surface area contributed by atoms with E-state index in [1.165, 1.54) is 13.2 Å². The molecule has 0 aromatic carbocycles. The van der Waals surface area contributed by atoms with E-state index in [2.05, 4.69) is 35.0 Å². The summed E-state index contributed by atoms with van der Waals surface area (Å²) >= 11 is 0. The van der Waals surface area contributed by atoms with Crippen LogP contribution in [0.25, 0.3) is 0 Å². The molecule has 1 aliphatic rings. The molecule has 1 saturated heterocycles. The zero-order valence-electron chi connectivity index (χ0n) is 15.5. The number of carbonyl (C=O) groups is 1. The molecule has 1 rings (SSSR count). The van der Waals surface area contributed by atoms with Crippen molar-refractivity contribution in [2.75, 3.05) is 13.7 Å². The summed E-state index contributed by atoms with van der Waals surface area (Å²) in [5.74, 6) is 9.93. The topological polar surface area (TPSA) is 146 Å². The van der Waals surface area contributed by atoms with Gasteiger partial charge in [-0.15, -0.1) is 0 Å². The Balaban J connectivity index is 2.53. The van der Waals surface area contributed by atoms with Gasteiger partial charge in [-0.2, -0.15) is 0 Å². The quantitative estimate of drug-likeness (QED) is 0.179. The number of aliphatic hydroxyl groups is 5. The number of esters is 1. The minimum atomic E-state index is -1.55. The van der Waals surface area contributed by atoms with Crippen LogP contribution in [0, 0.1) is 23.7 Å². The first-order chi connectivity index (χ1) is 13.3. The van der Waals surface area contributed by atoms with Gasteiger partial charge in [-0.05, 0) is 18.3 Å². The van der Waals surface area contributed by atoms with Gasteiger partial charge in [0, 0.05) is 6.42 Å². The fourth-order valence-corrected chi connectivity index (χ4v) is 2.30. The molecule has 7 unspecified atom stereocenters. The Hall–Kier alpha value is -1.95. The lowest BCUT2D eigenvalue weighted by molar-refractivity contribution is -0.303. The van der Waals surface area contributed by atoms with Gasteiger partial charge in [-0.1, -0.05) is 24.5 Å². The first-order valence-corrected chi connectivity index (χ1v) is 8.65. The van der Waals surface area contributed by atoms with Gasteiger partial charge in [0.15, 0.2) is 6.29 Å². The van der Waals surface area contributed by atoms with Crippen LogP contribution in [0.1, 0.15) is 19.3 Å². The van der Waals surface area contributed by atoms with Crippen molar-refractivity contribution < 1.29 is 44.5 Å². The van der Waals surface area contributed by atoms with Crippen molar-refractivity contribution in [3.8, 4) is 23.7 Å². The van der Waals surface area contributed by atoms with Gasteiger partial charge in [0.05, 0.1) is 26.2 Å². The number of carbonyl (C=O) groups excluding carboxylic acids is 1. The third-order valence-electron chi connectivity index (χ3n) is 3.94. The van der Waals surface area contributed by atoms with Crippen LogP contribution < -0.4 is 0 Å². The molecule has 5 N–H and O–H groups in total. The molecule has 7 atom stereocenters. The van der Waals surface area contributed by atoms with Gasteiger partial charge in [0.1, 0.15) is 30.5 Å². The maximum Gasteiger partial charge on any atom is 0.308 e. The lowest BCUT2D eigenvalue weighted by atomic mass is 9.99. The molecule has 0 radical (unpaired) electrons. The van der Waals surface area contributed by atoms with Crippen molar-refractivity contribution in [2.24, 2.45) is 0 Å². The first kappa shape index (κ1) is 24.1. The zero-order chi connectivity index (χ0) is 21.1. The molecule has 0 aromatic rings. The van der Waals surface area contributed by atoms with Crippen LogP contribution in [0.3, 0.4) is 0 Å². The predicted molar refractivity (Wildman–Crippen MR) is 96.3 cm³/mol. The maximum atomic E-state index is 11.0. The Labute approximate surface area is 163 Å². The summed E-state index contributed by atoms with van der Waals surface area (Å²) in [6, 6.07) is 0. The van der Waals surface area contributed by atoms with Crippen molar-refractivity contribution >= 4 is 5.97 Å². The summed E-state index contributed by atoms with van der Waals surface area (Å²) in [5.41, 5.74) is 0. The standard InChI is InChI=1S/C19H26O9/c1-3-13(9-7-5-4-6-8-12(21)10-15(22)26-2)27-19-18(25)17(24)16(23)14(11-20)28-19/h3,12-14,16-21,23-25H,1,6,8,10-11H2,2H3. The molecular weight excluding hydrogens is 372 g/mol. The lowest BCUT2D eigenvalue weighted by Crippen LogP contribution is -2.59. The van der Waals surface area contributed by atoms with Gasteiger partial charge in [-0.3, -0.25) is 4.79 Å². The second-order valence-electron chi connectivity index (χ2n) is 6.03. The van der Waals surface area contributed by atoms with Crippen LogP contribution in [0.15, 0.2) is 12.7 Å². The fraction of sp³-hybridized carbons (Fsp3) is 0.632. The van der Waals surface area contributed by atoms with E-state index in [1.807, 2.05) is 0 Å². The van der Waals surface area contributed by atoms with E-state index in [-0.39, 0.29) is 12.8 Å². The Kier molecular flexibility index (Phi) is 10.8. The molecule has 1 fully saturated rings. The molecule has 0 aromatic heterocycles. The van der Waals surface area contributed by atoms with Gasteiger partial charge < -0.3 is 39.7 Å². The maximum absolute atomic E-state index is 11.0. The van der Waals surface area contributed by atoms with Gasteiger partial charge in [0.25, 0.3) is 0 Å². The van der Waals surface area contributed by atoms with E-state index in [0.29, 0.717) is 6.42 Å². The summed E-state index contributed by atoms with van der Waals surface area (Å²) in [7, 11) is 1.24. The molecule has 9 heteroatoms. The molecule has 0 amide bonds. The molecule has 28 heavy (non-hydrogen) atoms. The SMILES string of the molecule is C=CC(C#CC#CCCC(O)CC(=O)OC)OC1OC(CO)C(O)C(O)C1O. The predicted octanol–water partition coefficient (Wildman–Crippen LogP) is -1.93. The van der Waals surface area contributed by atoms with Crippen LogP contribution in [0.5, 0.6) is 0 Å². The van der Waals surface area contributed by atoms with E-state index in [0.717, 1.165) is 0 Å². The first-order valence-electron chi connectivity index (χ1n) is 8.65. The largest absolute Gasteiger partial charge is 0.469 e. The van der Waals surface area contributed by atoms with E-state index < -0.39 is 55.5 Å². The highest BCUT2D eigenvalue weighted by Crippen LogP contribution is 2.22. The highest BCUT2D eigenvalue weighted by Gasteiger charge is 2.44. The van der Waals surface area contributed by atoms with E-state index in [9.17, 15) is 25.2 Å². The van der Waals surface area contributed by atoms with Crippen LogP contribution >= 0.6 is 0 Å². The monoisotopic (exact) mass is 398 g/mol. The van der Waals surface area contributed by atoms with Crippen LogP contribution in [-0.4, -0.2) is 88.1 Å². The number of rotatable bonds is 8. The molecule has 0 bridgehead atoms. The average molecular weight is 398 g/mol. The summed E-state index contributed by atoms with van der Waals surface area (Å²) in [6.07, 6.45) is -6.87. The minimum absolute atomic E-state index is 0.102. The van der Waals surface area contributed by atoms with E-state index in [4.69, 9.17) is 14.6 Å². The van der Waals surface area contributed by atoms with Gasteiger partial charge >= 0.3 is 5.97 Å². The molecule has 1 heterocycles. The number of hydrogen-bond donors (Lipinski definition) is 5. The number of hydrogen-bond acceptors (Lipinski definition) is 9. The highest BCUT2D eigenvalue weighted by atomic mass is 16.7. The third-order valence-corrected chi connectivity index (χ3v) is 3.94. The fourth-order valence-electron chi connectivity index (χ4n) is 2.30. The summed E-state index contributed by atoms with van der Waals surface area (Å²) in [5, 5.41) is 48.1. The third kappa shape index (κ3) is 7.58. The van der Waals surface area contributed by atoms with Crippen LogP contribution in [-0.2, 0) is 19.0 Å². The van der Waals surface area contributed by atoms with Crippen molar-refractivity contribution in [3.63, 3.8) is 0 Å². The zero-order valence-corrected chi connectivity index (χ0v) is 15.5. The summed E-state index contributed by atoms with van der Waals surface area (Å²) in [4.78, 5) is 11.0. The molecule has 0 aliphatic carbocycles. The Morgan fingerprint density at radius 3 is 2.57 bits per heavy atom. The van der Waals surface area contributed by atoms with Crippen molar-refractivity contribution in [2.45, 2.75) is 62.2 Å². The minimum Gasteiger partial charge on any atom is -0.469 e. The molecule has 0 spiro atoms. The average Bonchev–Trinajstić information content (AvgIpc) is 2.69. The Bertz CT molecular complexity index is 625. The molecule has 156 valence electrons. The van der Waals surface area contributed by atoms with Crippen molar-refractivity contribution in [3.05, 3.63) is 12.7 Å². The van der Waals surface area contributed by atoms with Gasteiger partial charge in [0.2, 0.25) is 0 Å². The highest BCUT2D eigenvalue weighted by molar-refractivity contribution is 5.69. The molecular formula is C19H26O9. The molecule has 0 saturated carbocycles. The van der Waals surface area contributed by atoms with Crippen LogP contribution in [0.2, 0.25) is 0 Å². The Morgan fingerprint density at radius 2 is 1.96 bits per heavy atom. The van der Waals surface area contributed by atoms with Crippen molar-refractivity contribution in [1.82, 2.24) is 0 Å². The van der Waals surface area contributed by atoms with E-state index >= 15 is 0 Å².